The SMILES string of the molecule is CNc1ccnc2[nH]c(-c3ccc(F)cc3)cc12. The van der Waals surface area contributed by atoms with Gasteiger partial charge in [0.2, 0.25) is 0 Å². The smallest absolute Gasteiger partial charge is 0.139 e. The first kappa shape index (κ1) is 10.8. The van der Waals surface area contributed by atoms with Crippen LogP contribution in [0.1, 0.15) is 0 Å². The molecule has 0 saturated carbocycles. The van der Waals surface area contributed by atoms with E-state index in [1.165, 1.54) is 12.1 Å². The van der Waals surface area contributed by atoms with Gasteiger partial charge in [-0.2, -0.15) is 0 Å². The molecule has 0 spiro atoms. The van der Waals surface area contributed by atoms with Crippen LogP contribution in [-0.2, 0) is 0 Å². The average Bonchev–Trinajstić information content (AvgIpc) is 2.83. The van der Waals surface area contributed by atoms with E-state index in [4.69, 9.17) is 0 Å². The Kier molecular flexibility index (Phi) is 2.48. The van der Waals surface area contributed by atoms with Crippen LogP contribution in [0.15, 0.2) is 42.6 Å². The van der Waals surface area contributed by atoms with E-state index in [1.807, 2.05) is 19.2 Å². The number of aromatic nitrogens is 2. The number of halogens is 1. The van der Waals surface area contributed by atoms with Crippen LogP contribution in [-0.4, -0.2) is 17.0 Å². The van der Waals surface area contributed by atoms with E-state index >= 15 is 0 Å². The molecular weight excluding hydrogens is 229 g/mol. The topological polar surface area (TPSA) is 40.7 Å². The maximum absolute atomic E-state index is 12.9. The van der Waals surface area contributed by atoms with Gasteiger partial charge in [0.05, 0.1) is 0 Å². The molecule has 0 fully saturated rings. The Bertz CT molecular complexity index is 686. The third-order valence-corrected chi connectivity index (χ3v) is 2.96. The highest BCUT2D eigenvalue weighted by Gasteiger charge is 2.07. The van der Waals surface area contributed by atoms with E-state index in [9.17, 15) is 4.39 Å². The normalized spacial score (nSPS) is 10.8. The van der Waals surface area contributed by atoms with Crippen molar-refractivity contribution in [3.05, 3.63) is 48.4 Å². The summed E-state index contributed by atoms with van der Waals surface area (Å²) in [5, 5.41) is 4.15. The molecule has 0 aliphatic rings. The van der Waals surface area contributed by atoms with Gasteiger partial charge in [-0.1, -0.05) is 0 Å². The van der Waals surface area contributed by atoms with E-state index in [2.05, 4.69) is 15.3 Å². The third-order valence-electron chi connectivity index (χ3n) is 2.96. The Labute approximate surface area is 104 Å². The predicted octanol–water partition coefficient (Wildman–Crippen LogP) is 3.41. The van der Waals surface area contributed by atoms with Gasteiger partial charge in [-0.15, -0.1) is 0 Å². The number of pyridine rings is 1. The number of benzene rings is 1. The second-order valence-corrected chi connectivity index (χ2v) is 4.06. The largest absolute Gasteiger partial charge is 0.387 e. The number of hydrogen-bond acceptors (Lipinski definition) is 2. The number of rotatable bonds is 2. The molecule has 1 aromatic carbocycles. The summed E-state index contributed by atoms with van der Waals surface area (Å²) in [6.45, 7) is 0. The molecule has 18 heavy (non-hydrogen) atoms. The highest BCUT2D eigenvalue weighted by Crippen LogP contribution is 2.27. The minimum absolute atomic E-state index is 0.232. The lowest BCUT2D eigenvalue weighted by atomic mass is 10.1. The molecule has 0 radical (unpaired) electrons. The van der Waals surface area contributed by atoms with Gasteiger partial charge in [-0.05, 0) is 42.0 Å². The molecule has 0 unspecified atom stereocenters. The Balaban J connectivity index is 2.16. The number of nitrogens with one attached hydrogen (secondary N) is 2. The Hall–Kier alpha value is -2.36. The zero-order valence-corrected chi connectivity index (χ0v) is 9.87. The van der Waals surface area contributed by atoms with Crippen molar-refractivity contribution >= 4 is 16.7 Å². The van der Waals surface area contributed by atoms with E-state index in [-0.39, 0.29) is 5.82 Å². The molecular formula is C14H12FN3. The van der Waals surface area contributed by atoms with E-state index < -0.39 is 0 Å². The lowest BCUT2D eigenvalue weighted by molar-refractivity contribution is 0.628. The van der Waals surface area contributed by atoms with Crippen molar-refractivity contribution in [2.45, 2.75) is 0 Å². The minimum Gasteiger partial charge on any atom is -0.387 e. The van der Waals surface area contributed by atoms with Crippen LogP contribution >= 0.6 is 0 Å². The van der Waals surface area contributed by atoms with E-state index in [0.29, 0.717) is 0 Å². The zero-order valence-electron chi connectivity index (χ0n) is 9.87. The van der Waals surface area contributed by atoms with Crippen molar-refractivity contribution in [3.8, 4) is 11.3 Å². The van der Waals surface area contributed by atoms with Crippen LogP contribution in [0.4, 0.5) is 10.1 Å². The van der Waals surface area contributed by atoms with Gasteiger partial charge in [0, 0.05) is 30.0 Å². The summed E-state index contributed by atoms with van der Waals surface area (Å²) in [5.74, 6) is -0.232. The first-order chi connectivity index (χ1) is 8.78. The average molecular weight is 241 g/mol. The maximum Gasteiger partial charge on any atom is 0.139 e. The van der Waals surface area contributed by atoms with Crippen molar-refractivity contribution in [1.29, 1.82) is 0 Å². The number of anilines is 1. The number of fused-ring (bicyclic) bond motifs is 1. The summed E-state index contributed by atoms with van der Waals surface area (Å²) in [6, 6.07) is 10.3. The molecule has 2 N–H and O–H groups in total. The fourth-order valence-electron chi connectivity index (χ4n) is 2.03. The fraction of sp³-hybridized carbons (Fsp3) is 0.0714. The Morgan fingerprint density at radius 2 is 1.94 bits per heavy atom. The molecule has 0 aliphatic carbocycles. The molecule has 0 aliphatic heterocycles. The predicted molar refractivity (Wildman–Crippen MR) is 71.0 cm³/mol. The number of aromatic amines is 1. The summed E-state index contributed by atoms with van der Waals surface area (Å²) in [4.78, 5) is 7.52. The molecule has 0 saturated heterocycles. The number of hydrogen-bond donors (Lipinski definition) is 2. The second kappa shape index (κ2) is 4.14. The van der Waals surface area contributed by atoms with Crippen LogP contribution in [0.3, 0.4) is 0 Å². The molecule has 90 valence electrons. The minimum atomic E-state index is -0.232. The molecule has 0 atom stereocenters. The summed E-state index contributed by atoms with van der Waals surface area (Å²) in [5.41, 5.74) is 3.71. The van der Waals surface area contributed by atoms with Crippen LogP contribution in [0, 0.1) is 5.82 Å². The van der Waals surface area contributed by atoms with Gasteiger partial charge >= 0.3 is 0 Å². The third kappa shape index (κ3) is 1.72. The van der Waals surface area contributed by atoms with E-state index in [0.717, 1.165) is 28.0 Å². The van der Waals surface area contributed by atoms with Gasteiger partial charge in [-0.25, -0.2) is 9.37 Å². The van der Waals surface area contributed by atoms with Crippen molar-refractivity contribution in [2.24, 2.45) is 0 Å². The summed E-state index contributed by atoms with van der Waals surface area (Å²) >= 11 is 0. The molecule has 0 amide bonds. The van der Waals surface area contributed by atoms with Crippen LogP contribution in [0.5, 0.6) is 0 Å². The van der Waals surface area contributed by atoms with Crippen molar-refractivity contribution < 1.29 is 4.39 Å². The lowest BCUT2D eigenvalue weighted by Crippen LogP contribution is -1.88. The van der Waals surface area contributed by atoms with Gasteiger partial charge in [0.25, 0.3) is 0 Å². The highest BCUT2D eigenvalue weighted by atomic mass is 19.1. The monoisotopic (exact) mass is 241 g/mol. The fourth-order valence-corrected chi connectivity index (χ4v) is 2.03. The summed E-state index contributed by atoms with van der Waals surface area (Å²) in [7, 11) is 1.87. The highest BCUT2D eigenvalue weighted by molar-refractivity contribution is 5.93. The van der Waals surface area contributed by atoms with Crippen LogP contribution in [0.2, 0.25) is 0 Å². The second-order valence-electron chi connectivity index (χ2n) is 4.06. The van der Waals surface area contributed by atoms with Gasteiger partial charge < -0.3 is 10.3 Å². The molecule has 3 aromatic rings. The molecule has 2 heterocycles. The van der Waals surface area contributed by atoms with Gasteiger partial charge in [0.15, 0.2) is 0 Å². The van der Waals surface area contributed by atoms with Crippen molar-refractivity contribution in [1.82, 2.24) is 9.97 Å². The van der Waals surface area contributed by atoms with Crippen molar-refractivity contribution in [2.75, 3.05) is 12.4 Å². The quantitative estimate of drug-likeness (QED) is 0.721. The molecule has 4 heteroatoms. The Morgan fingerprint density at radius 1 is 1.17 bits per heavy atom. The molecule has 3 rings (SSSR count). The summed E-state index contributed by atoms with van der Waals surface area (Å²) in [6.07, 6.45) is 1.75. The number of nitrogens with zero attached hydrogens (tertiary/aromatic N) is 1. The standard InChI is InChI=1S/C14H12FN3/c1-16-12-6-7-17-14-11(12)8-13(18-14)9-2-4-10(15)5-3-9/h2-8H,1H3,(H2,16,17,18). The van der Waals surface area contributed by atoms with Crippen LogP contribution in [0.25, 0.3) is 22.3 Å². The number of H-pyrrole nitrogens is 1. The first-order valence-electron chi connectivity index (χ1n) is 5.69. The van der Waals surface area contributed by atoms with E-state index in [1.54, 1.807) is 18.3 Å². The molecule has 0 bridgehead atoms. The van der Waals surface area contributed by atoms with Crippen LogP contribution < -0.4 is 5.32 Å². The first-order valence-corrected chi connectivity index (χ1v) is 5.69. The molecule has 3 nitrogen and oxygen atoms in total. The van der Waals surface area contributed by atoms with Gasteiger partial charge in [0.1, 0.15) is 11.5 Å². The maximum atomic E-state index is 12.9. The van der Waals surface area contributed by atoms with Gasteiger partial charge in [-0.3, -0.25) is 0 Å². The summed E-state index contributed by atoms with van der Waals surface area (Å²) < 4.78 is 12.9. The Morgan fingerprint density at radius 3 is 2.67 bits per heavy atom. The lowest BCUT2D eigenvalue weighted by Gasteiger charge is -1.98. The zero-order chi connectivity index (χ0) is 12.5. The molecule has 2 aromatic heterocycles. The van der Waals surface area contributed by atoms with Crippen molar-refractivity contribution in [3.63, 3.8) is 0 Å².